The highest BCUT2D eigenvalue weighted by Gasteiger charge is 2.30. The van der Waals surface area contributed by atoms with Gasteiger partial charge in [0.15, 0.2) is 0 Å². The van der Waals surface area contributed by atoms with E-state index in [1.54, 1.807) is 60.4 Å². The Morgan fingerprint density at radius 1 is 1.17 bits per heavy atom. The summed E-state index contributed by atoms with van der Waals surface area (Å²) in [5, 5.41) is 3.61. The van der Waals surface area contributed by atoms with Crippen molar-refractivity contribution in [2.75, 3.05) is 5.73 Å². The third kappa shape index (κ3) is 5.07. The monoisotopic (exact) mass is 500 g/mol. The summed E-state index contributed by atoms with van der Waals surface area (Å²) in [6, 6.07) is 13.4. The predicted molar refractivity (Wildman–Crippen MR) is 135 cm³/mol. The number of nitrogens with zero attached hydrogens (tertiary/aromatic N) is 4. The number of nitrogen functional groups attached to an aromatic ring is 1. The van der Waals surface area contributed by atoms with Gasteiger partial charge in [0.1, 0.15) is 17.7 Å². The molecule has 4 aromatic rings. The smallest absolute Gasteiger partial charge is 0.270 e. The van der Waals surface area contributed by atoms with Gasteiger partial charge in [-0.05, 0) is 48.9 Å². The first-order valence-electron chi connectivity index (χ1n) is 11.3. The lowest BCUT2D eigenvalue weighted by molar-refractivity contribution is 0.0937. The van der Waals surface area contributed by atoms with Crippen molar-refractivity contribution in [3.63, 3.8) is 0 Å². The summed E-state index contributed by atoms with van der Waals surface area (Å²) >= 11 is 6.08. The van der Waals surface area contributed by atoms with Crippen LogP contribution in [-0.4, -0.2) is 31.6 Å². The van der Waals surface area contributed by atoms with Gasteiger partial charge in [0.2, 0.25) is 0 Å². The first-order chi connectivity index (χ1) is 17.4. The number of carbonyl (C=O) groups excluding carboxylic acids is 1. The molecule has 0 radical (unpaired) electrons. The normalized spacial score (nSPS) is 15.0. The van der Waals surface area contributed by atoms with E-state index >= 15 is 0 Å². The second-order valence-corrected chi connectivity index (χ2v) is 9.03. The molecule has 9 heteroatoms. The molecule has 36 heavy (non-hydrogen) atoms. The van der Waals surface area contributed by atoms with E-state index < -0.39 is 18.1 Å². The largest absolute Gasteiger partial charge is 0.384 e. The SMILES string of the molecule is Cc1cc(C#Cc2ccc(N)nc2)cc(C(=O)NC(c2ccc(Cl)cc2)c2ncn3c2C[C@@H](F)C3)n1. The van der Waals surface area contributed by atoms with Crippen molar-refractivity contribution < 1.29 is 9.18 Å². The topological polar surface area (TPSA) is 98.7 Å². The van der Waals surface area contributed by atoms with Crippen LogP contribution in [-0.2, 0) is 13.0 Å². The molecule has 1 aromatic carbocycles. The molecule has 3 aromatic heterocycles. The quantitative estimate of drug-likeness (QED) is 0.412. The van der Waals surface area contributed by atoms with Crippen LogP contribution in [0.1, 0.15) is 50.3 Å². The molecule has 0 fully saturated rings. The van der Waals surface area contributed by atoms with Crippen LogP contribution in [0, 0.1) is 18.8 Å². The van der Waals surface area contributed by atoms with Crippen molar-refractivity contribution in [3.05, 3.63) is 106 Å². The molecule has 180 valence electrons. The van der Waals surface area contributed by atoms with E-state index in [-0.39, 0.29) is 18.7 Å². The van der Waals surface area contributed by atoms with E-state index in [0.29, 0.717) is 33.4 Å². The van der Waals surface area contributed by atoms with Crippen molar-refractivity contribution in [3.8, 4) is 11.8 Å². The van der Waals surface area contributed by atoms with Crippen LogP contribution in [0.2, 0.25) is 5.02 Å². The number of nitrogens with one attached hydrogen (secondary N) is 1. The molecule has 2 atom stereocenters. The fourth-order valence-corrected chi connectivity index (χ4v) is 4.31. The van der Waals surface area contributed by atoms with Crippen molar-refractivity contribution >= 4 is 23.3 Å². The summed E-state index contributed by atoms with van der Waals surface area (Å²) in [7, 11) is 0. The molecule has 7 nitrogen and oxygen atoms in total. The Bertz CT molecular complexity index is 1490. The number of aromatic nitrogens is 4. The highest BCUT2D eigenvalue weighted by molar-refractivity contribution is 6.30. The maximum Gasteiger partial charge on any atom is 0.270 e. The number of nitrogens with two attached hydrogens (primary N) is 1. The van der Waals surface area contributed by atoms with Crippen molar-refractivity contribution in [1.29, 1.82) is 0 Å². The molecule has 1 amide bonds. The van der Waals surface area contributed by atoms with Crippen LogP contribution in [0.5, 0.6) is 0 Å². The van der Waals surface area contributed by atoms with Crippen LogP contribution in [0.25, 0.3) is 0 Å². The van der Waals surface area contributed by atoms with Gasteiger partial charge in [-0.3, -0.25) is 4.79 Å². The molecule has 0 bridgehead atoms. The summed E-state index contributed by atoms with van der Waals surface area (Å²) in [4.78, 5) is 26.4. The van der Waals surface area contributed by atoms with Gasteiger partial charge >= 0.3 is 0 Å². The molecule has 1 aliphatic heterocycles. The predicted octanol–water partition coefficient (Wildman–Crippen LogP) is 4.03. The zero-order valence-electron chi connectivity index (χ0n) is 19.4. The highest BCUT2D eigenvalue weighted by Crippen LogP contribution is 2.30. The van der Waals surface area contributed by atoms with Gasteiger partial charge in [0, 0.05) is 40.2 Å². The summed E-state index contributed by atoms with van der Waals surface area (Å²) in [5.74, 6) is 6.09. The Labute approximate surface area is 212 Å². The van der Waals surface area contributed by atoms with Gasteiger partial charge in [-0.15, -0.1) is 0 Å². The van der Waals surface area contributed by atoms with Crippen LogP contribution < -0.4 is 11.1 Å². The van der Waals surface area contributed by atoms with E-state index in [1.165, 1.54) is 0 Å². The third-order valence-corrected chi connectivity index (χ3v) is 6.12. The fourth-order valence-electron chi connectivity index (χ4n) is 4.18. The van der Waals surface area contributed by atoms with Gasteiger partial charge in [0.25, 0.3) is 5.91 Å². The number of hydrogen-bond acceptors (Lipinski definition) is 5. The van der Waals surface area contributed by atoms with E-state index in [1.807, 2.05) is 12.1 Å². The van der Waals surface area contributed by atoms with Gasteiger partial charge in [-0.1, -0.05) is 35.6 Å². The van der Waals surface area contributed by atoms with E-state index in [2.05, 4.69) is 32.1 Å². The summed E-state index contributed by atoms with van der Waals surface area (Å²) < 4.78 is 15.9. The maximum atomic E-state index is 14.1. The molecule has 4 heterocycles. The lowest BCUT2D eigenvalue weighted by Gasteiger charge is -2.19. The number of amides is 1. The Morgan fingerprint density at radius 2 is 1.94 bits per heavy atom. The number of anilines is 1. The molecule has 0 saturated heterocycles. The summed E-state index contributed by atoms with van der Waals surface area (Å²) in [6.45, 7) is 2.06. The Morgan fingerprint density at radius 3 is 2.69 bits per heavy atom. The number of alkyl halides is 1. The van der Waals surface area contributed by atoms with Gasteiger partial charge in [-0.2, -0.15) is 0 Å². The molecule has 3 N–H and O–H groups in total. The van der Waals surface area contributed by atoms with Crippen LogP contribution in [0.3, 0.4) is 0 Å². The number of rotatable bonds is 4. The van der Waals surface area contributed by atoms with E-state index in [9.17, 15) is 9.18 Å². The summed E-state index contributed by atoms with van der Waals surface area (Å²) in [5.41, 5.74) is 9.97. The fraction of sp³-hybridized carbons (Fsp3) is 0.185. The average Bonchev–Trinajstić information content (AvgIpc) is 3.41. The second-order valence-electron chi connectivity index (χ2n) is 8.59. The van der Waals surface area contributed by atoms with Gasteiger partial charge in [0.05, 0.1) is 24.6 Å². The van der Waals surface area contributed by atoms with Crippen molar-refractivity contribution in [1.82, 2.24) is 24.8 Å². The zero-order chi connectivity index (χ0) is 25.2. The Balaban J connectivity index is 1.45. The number of benzene rings is 1. The molecular formula is C27H22ClFN6O. The molecule has 1 aliphatic rings. The van der Waals surface area contributed by atoms with Crippen LogP contribution >= 0.6 is 11.6 Å². The lowest BCUT2D eigenvalue weighted by Crippen LogP contribution is -2.31. The van der Waals surface area contributed by atoms with E-state index in [0.717, 1.165) is 11.3 Å². The number of fused-ring (bicyclic) bond motifs is 1. The van der Waals surface area contributed by atoms with Gasteiger partial charge in [-0.25, -0.2) is 19.3 Å². The minimum Gasteiger partial charge on any atom is -0.384 e. The number of imidazole rings is 1. The number of halogens is 2. The van der Waals surface area contributed by atoms with Crippen LogP contribution in [0.15, 0.2) is 61.1 Å². The molecule has 0 spiro atoms. The minimum atomic E-state index is -0.973. The number of pyridine rings is 2. The zero-order valence-corrected chi connectivity index (χ0v) is 20.1. The summed E-state index contributed by atoms with van der Waals surface area (Å²) in [6.07, 6.45) is 2.48. The second kappa shape index (κ2) is 9.80. The molecule has 5 rings (SSSR count). The standard InChI is InChI=1S/C27H22ClFN6O/c1-16-10-18(3-2-17-4-9-24(30)31-13-17)11-22(33-16)27(36)34-25(19-5-7-20(28)8-6-19)26-23-12-21(29)14-35(23)15-32-26/h4-11,13,15,21,25H,12,14H2,1H3,(H2,30,31)(H,34,36)/t21-,25?/m1/s1. The minimum absolute atomic E-state index is 0.216. The van der Waals surface area contributed by atoms with Gasteiger partial charge < -0.3 is 15.6 Å². The Kier molecular flexibility index (Phi) is 6.40. The number of hydrogen-bond donors (Lipinski definition) is 2. The van der Waals surface area contributed by atoms with E-state index in [4.69, 9.17) is 17.3 Å². The molecule has 1 unspecified atom stereocenters. The molecule has 0 saturated carbocycles. The first-order valence-corrected chi connectivity index (χ1v) is 11.7. The molecule has 0 aliphatic carbocycles. The number of aryl methyl sites for hydroxylation is 1. The highest BCUT2D eigenvalue weighted by atomic mass is 35.5. The third-order valence-electron chi connectivity index (χ3n) is 5.86. The average molecular weight is 501 g/mol. The van der Waals surface area contributed by atoms with Crippen LogP contribution in [0.4, 0.5) is 10.2 Å². The molecular weight excluding hydrogens is 479 g/mol. The maximum absolute atomic E-state index is 14.1. The van der Waals surface area contributed by atoms with Crippen molar-refractivity contribution in [2.24, 2.45) is 0 Å². The number of carbonyl (C=O) groups is 1. The van der Waals surface area contributed by atoms with Crippen molar-refractivity contribution in [2.45, 2.75) is 32.1 Å². The lowest BCUT2D eigenvalue weighted by atomic mass is 10.0. The Hall–Kier alpha value is -4.22. The first kappa shape index (κ1) is 23.5.